The predicted molar refractivity (Wildman–Crippen MR) is 316 cm³/mol. The molecule has 0 fully saturated rings. The molecule has 430 valence electrons. The van der Waals surface area contributed by atoms with Crippen molar-refractivity contribution in [2.75, 3.05) is 13.2 Å². The number of hydrogen-bond donors (Lipinski definition) is 0. The van der Waals surface area contributed by atoms with Gasteiger partial charge < -0.3 is 14.2 Å². The van der Waals surface area contributed by atoms with Gasteiger partial charge in [0.25, 0.3) is 0 Å². The molecule has 0 aromatic carbocycles. The van der Waals surface area contributed by atoms with Crippen LogP contribution < -0.4 is 0 Å². The summed E-state index contributed by atoms with van der Waals surface area (Å²) in [4.78, 5) is 38.4. The lowest BCUT2D eigenvalue weighted by atomic mass is 10.0. The summed E-state index contributed by atoms with van der Waals surface area (Å²) in [6.45, 7) is 6.69. The zero-order chi connectivity index (χ0) is 52.9. The molecule has 0 rings (SSSR count). The van der Waals surface area contributed by atoms with Crippen molar-refractivity contribution in [2.45, 2.75) is 374 Å². The molecule has 1 atom stereocenters. The number of allylic oxidation sites excluding steroid dienone is 4. The summed E-state index contributed by atoms with van der Waals surface area (Å²) in [5.74, 6) is -0.839. The summed E-state index contributed by atoms with van der Waals surface area (Å²) in [7, 11) is 0. The van der Waals surface area contributed by atoms with Crippen LogP contribution in [0.2, 0.25) is 0 Å². The summed E-state index contributed by atoms with van der Waals surface area (Å²) >= 11 is 0. The average molecular weight is 1030 g/mol. The summed E-state index contributed by atoms with van der Waals surface area (Å²) in [6, 6.07) is 0. The molecule has 0 saturated carbocycles. The van der Waals surface area contributed by atoms with Gasteiger partial charge in [0, 0.05) is 19.3 Å². The van der Waals surface area contributed by atoms with E-state index in [0.29, 0.717) is 19.3 Å². The van der Waals surface area contributed by atoms with Gasteiger partial charge in [-0.1, -0.05) is 321 Å². The van der Waals surface area contributed by atoms with Gasteiger partial charge >= 0.3 is 17.9 Å². The first-order valence-electron chi connectivity index (χ1n) is 32.8. The molecule has 0 N–H and O–H groups in total. The Hall–Kier alpha value is -2.11. The third-order valence-electron chi connectivity index (χ3n) is 15.0. The molecule has 0 bridgehead atoms. The monoisotopic (exact) mass is 1030 g/mol. The highest BCUT2D eigenvalue weighted by Crippen LogP contribution is 2.18. The molecule has 0 aliphatic heterocycles. The van der Waals surface area contributed by atoms with Gasteiger partial charge in [0.15, 0.2) is 6.10 Å². The van der Waals surface area contributed by atoms with Gasteiger partial charge in [-0.15, -0.1) is 0 Å². The van der Waals surface area contributed by atoms with Gasteiger partial charge in [0.05, 0.1) is 0 Å². The zero-order valence-electron chi connectivity index (χ0n) is 49.4. The van der Waals surface area contributed by atoms with Crippen molar-refractivity contribution in [1.82, 2.24) is 0 Å². The van der Waals surface area contributed by atoms with Crippen LogP contribution in [-0.2, 0) is 28.6 Å². The van der Waals surface area contributed by atoms with Crippen LogP contribution in [0, 0.1) is 0 Å². The third kappa shape index (κ3) is 60.6. The molecule has 0 aliphatic rings. The normalized spacial score (nSPS) is 12.1. The fourth-order valence-electron chi connectivity index (χ4n) is 10.0. The molecular formula is C67H126O6. The first kappa shape index (κ1) is 70.9. The lowest BCUT2D eigenvalue weighted by Gasteiger charge is -2.18. The summed E-state index contributed by atoms with van der Waals surface area (Å²) in [5.41, 5.74) is 0. The van der Waals surface area contributed by atoms with Crippen LogP contribution in [0.25, 0.3) is 0 Å². The fraction of sp³-hybridized carbons (Fsp3) is 0.896. The van der Waals surface area contributed by atoms with Crippen molar-refractivity contribution in [3.05, 3.63) is 24.3 Å². The van der Waals surface area contributed by atoms with Crippen LogP contribution >= 0.6 is 0 Å². The van der Waals surface area contributed by atoms with Gasteiger partial charge in [-0.2, -0.15) is 0 Å². The van der Waals surface area contributed by atoms with Crippen LogP contribution in [-0.4, -0.2) is 37.2 Å². The minimum Gasteiger partial charge on any atom is -0.462 e. The highest BCUT2D eigenvalue weighted by Gasteiger charge is 2.19. The smallest absolute Gasteiger partial charge is 0.306 e. The molecule has 0 heterocycles. The number of hydrogen-bond acceptors (Lipinski definition) is 6. The Kier molecular flexibility index (Phi) is 60.6. The van der Waals surface area contributed by atoms with E-state index in [1.165, 1.54) is 263 Å². The van der Waals surface area contributed by atoms with Crippen molar-refractivity contribution >= 4 is 17.9 Å². The van der Waals surface area contributed by atoms with Crippen LogP contribution in [0.3, 0.4) is 0 Å². The van der Waals surface area contributed by atoms with Gasteiger partial charge in [0.2, 0.25) is 0 Å². The Morgan fingerprint density at radius 2 is 0.493 bits per heavy atom. The second kappa shape index (κ2) is 62.4. The second-order valence-electron chi connectivity index (χ2n) is 22.4. The standard InChI is InChI=1S/C67H126O6/c1-4-7-10-13-16-19-22-25-28-31-33-36-39-42-45-48-51-54-57-60-66(69)72-63-64(62-71-65(68)59-56-53-50-47-44-41-38-35-30-27-24-21-18-15-12-9-6-3)73-67(70)61-58-55-52-49-46-43-40-37-34-32-29-26-23-20-17-14-11-8-5-2/h16,19,25,28,64H,4-15,17-18,20-24,26-27,29-63H2,1-3H3/b19-16+,28-25+/t64-/m1/s1. The van der Waals surface area contributed by atoms with Gasteiger partial charge in [-0.05, 0) is 51.4 Å². The molecule has 0 amide bonds. The lowest BCUT2D eigenvalue weighted by Crippen LogP contribution is -2.30. The highest BCUT2D eigenvalue weighted by molar-refractivity contribution is 5.71. The number of ether oxygens (including phenoxy) is 3. The Balaban J connectivity index is 4.31. The Morgan fingerprint density at radius 1 is 0.274 bits per heavy atom. The largest absolute Gasteiger partial charge is 0.462 e. The number of esters is 3. The minimum absolute atomic E-state index is 0.0659. The molecule has 0 aromatic rings. The van der Waals surface area contributed by atoms with E-state index >= 15 is 0 Å². The summed E-state index contributed by atoms with van der Waals surface area (Å²) in [6.07, 6.45) is 74.6. The number of carbonyl (C=O) groups is 3. The van der Waals surface area contributed by atoms with E-state index in [0.717, 1.165) is 64.2 Å². The Bertz CT molecular complexity index is 1180. The third-order valence-corrected chi connectivity index (χ3v) is 15.0. The molecule has 0 spiro atoms. The first-order valence-corrected chi connectivity index (χ1v) is 32.8. The quantitative estimate of drug-likeness (QED) is 0.0261. The van der Waals surface area contributed by atoms with Crippen LogP contribution in [0.4, 0.5) is 0 Å². The van der Waals surface area contributed by atoms with E-state index in [1.54, 1.807) is 0 Å². The summed E-state index contributed by atoms with van der Waals surface area (Å²) in [5, 5.41) is 0. The predicted octanol–water partition coefficient (Wildman–Crippen LogP) is 22.2. The van der Waals surface area contributed by atoms with Crippen molar-refractivity contribution in [2.24, 2.45) is 0 Å². The Morgan fingerprint density at radius 3 is 0.781 bits per heavy atom. The van der Waals surface area contributed by atoms with Crippen LogP contribution in [0.1, 0.15) is 367 Å². The molecule has 0 aromatic heterocycles. The highest BCUT2D eigenvalue weighted by atomic mass is 16.6. The van der Waals surface area contributed by atoms with Crippen LogP contribution in [0.15, 0.2) is 24.3 Å². The van der Waals surface area contributed by atoms with Crippen molar-refractivity contribution < 1.29 is 28.6 Å². The minimum atomic E-state index is -0.769. The van der Waals surface area contributed by atoms with Crippen molar-refractivity contribution in [1.29, 1.82) is 0 Å². The first-order chi connectivity index (χ1) is 36.0. The zero-order valence-corrected chi connectivity index (χ0v) is 49.4. The molecular weight excluding hydrogens is 901 g/mol. The molecule has 0 aliphatic carbocycles. The molecule has 0 saturated heterocycles. The topological polar surface area (TPSA) is 78.9 Å². The van der Waals surface area contributed by atoms with Crippen molar-refractivity contribution in [3.8, 4) is 0 Å². The number of unbranched alkanes of at least 4 members (excludes halogenated alkanes) is 46. The van der Waals surface area contributed by atoms with Gasteiger partial charge in [0.1, 0.15) is 13.2 Å². The van der Waals surface area contributed by atoms with E-state index in [4.69, 9.17) is 14.2 Å². The van der Waals surface area contributed by atoms with E-state index in [2.05, 4.69) is 45.1 Å². The number of carbonyl (C=O) groups excluding carboxylic acids is 3. The Labute approximate surface area is 455 Å². The second-order valence-corrected chi connectivity index (χ2v) is 22.4. The number of rotatable bonds is 61. The molecule has 6 nitrogen and oxygen atoms in total. The van der Waals surface area contributed by atoms with E-state index in [-0.39, 0.29) is 31.1 Å². The molecule has 0 radical (unpaired) electrons. The SMILES string of the molecule is CCCCC/C=C/C/C=C/CCCCCCCCCCCC(=O)OC[C@@H](COC(=O)CCCCCCCCCCCCCCCCCCC)OC(=O)CCCCCCCCCCCCCCCCCCCCC. The molecule has 0 unspecified atom stereocenters. The fourth-order valence-corrected chi connectivity index (χ4v) is 10.0. The van der Waals surface area contributed by atoms with Crippen molar-refractivity contribution in [3.63, 3.8) is 0 Å². The van der Waals surface area contributed by atoms with Crippen LogP contribution in [0.5, 0.6) is 0 Å². The molecule has 73 heavy (non-hydrogen) atoms. The van der Waals surface area contributed by atoms with Gasteiger partial charge in [-0.25, -0.2) is 0 Å². The van der Waals surface area contributed by atoms with E-state index in [9.17, 15) is 14.4 Å². The molecule has 6 heteroatoms. The average Bonchev–Trinajstić information content (AvgIpc) is 3.39. The van der Waals surface area contributed by atoms with E-state index in [1.807, 2.05) is 0 Å². The van der Waals surface area contributed by atoms with E-state index < -0.39 is 6.10 Å². The lowest BCUT2D eigenvalue weighted by molar-refractivity contribution is -0.167. The maximum absolute atomic E-state index is 12.9. The maximum Gasteiger partial charge on any atom is 0.306 e. The summed E-state index contributed by atoms with van der Waals surface area (Å²) < 4.78 is 17.0. The van der Waals surface area contributed by atoms with Gasteiger partial charge in [-0.3, -0.25) is 14.4 Å². The maximum atomic E-state index is 12.9.